The van der Waals surface area contributed by atoms with Crippen molar-refractivity contribution in [3.63, 3.8) is 0 Å². The summed E-state index contributed by atoms with van der Waals surface area (Å²) >= 11 is 5.68. The third kappa shape index (κ3) is 3.25. The van der Waals surface area contributed by atoms with Crippen LogP contribution in [0.2, 0.25) is 5.28 Å². The van der Waals surface area contributed by atoms with Gasteiger partial charge < -0.3 is 14.6 Å². The number of hydrogen-bond acceptors (Lipinski definition) is 8. The predicted octanol–water partition coefficient (Wildman–Crippen LogP) is 0.571. The van der Waals surface area contributed by atoms with Crippen LogP contribution in [0, 0.1) is 0 Å². The van der Waals surface area contributed by atoms with E-state index < -0.39 is 0 Å². The molecule has 2 rings (SSSR count). The molecule has 1 N–H and O–H groups in total. The Morgan fingerprint density at radius 1 is 1.41 bits per heavy atom. The number of methoxy groups -OCH3 is 1. The summed E-state index contributed by atoms with van der Waals surface area (Å²) in [6, 6.07) is 0.158. The highest BCUT2D eigenvalue weighted by molar-refractivity contribution is 6.28. The molecule has 0 bridgehead atoms. The highest BCUT2D eigenvalue weighted by Gasteiger charge is 2.05. The van der Waals surface area contributed by atoms with Crippen molar-refractivity contribution in [2.24, 2.45) is 0 Å². The molecular formula is C8H9ClN6O2. The monoisotopic (exact) mass is 256 g/mol. The van der Waals surface area contributed by atoms with E-state index in [4.69, 9.17) is 20.9 Å². The summed E-state index contributed by atoms with van der Waals surface area (Å²) in [5.41, 5.74) is 0. The molecule has 17 heavy (non-hydrogen) atoms. The van der Waals surface area contributed by atoms with Gasteiger partial charge in [-0.15, -0.1) is 0 Å². The van der Waals surface area contributed by atoms with Gasteiger partial charge in [0.15, 0.2) is 6.33 Å². The quantitative estimate of drug-likeness (QED) is 0.829. The number of nitrogens with zero attached hydrogens (tertiary/aromatic N) is 5. The maximum absolute atomic E-state index is 5.68. The van der Waals surface area contributed by atoms with Crippen LogP contribution in [-0.4, -0.2) is 38.7 Å². The molecule has 0 unspecified atom stereocenters. The van der Waals surface area contributed by atoms with Crippen LogP contribution in [0.1, 0.15) is 5.89 Å². The zero-order valence-electron chi connectivity index (χ0n) is 8.92. The molecule has 0 saturated carbocycles. The Labute approximate surface area is 101 Å². The highest BCUT2D eigenvalue weighted by atomic mass is 35.5. The fourth-order valence-electron chi connectivity index (χ4n) is 1.09. The topological polar surface area (TPSA) is 98.9 Å². The van der Waals surface area contributed by atoms with Crippen LogP contribution >= 0.6 is 11.6 Å². The van der Waals surface area contributed by atoms with Gasteiger partial charge in [0.05, 0.1) is 7.11 Å². The number of ether oxygens (including phenoxy) is 1. The molecule has 8 nitrogen and oxygen atoms in total. The Bertz CT molecular complexity index is 477. The lowest BCUT2D eigenvalue weighted by Gasteiger charge is -2.04. The second-order valence-electron chi connectivity index (χ2n) is 2.93. The molecule has 0 aliphatic heterocycles. The van der Waals surface area contributed by atoms with Crippen molar-refractivity contribution < 1.29 is 9.26 Å². The van der Waals surface area contributed by atoms with Gasteiger partial charge in [-0.3, -0.25) is 0 Å². The highest BCUT2D eigenvalue weighted by Crippen LogP contribution is 2.10. The van der Waals surface area contributed by atoms with Gasteiger partial charge in [-0.05, 0) is 11.6 Å². The van der Waals surface area contributed by atoms with Crippen LogP contribution < -0.4 is 10.1 Å². The third-order valence-electron chi connectivity index (χ3n) is 1.80. The third-order valence-corrected chi connectivity index (χ3v) is 1.97. The molecule has 0 atom stereocenters. The van der Waals surface area contributed by atoms with Gasteiger partial charge in [0.2, 0.25) is 17.1 Å². The van der Waals surface area contributed by atoms with E-state index in [0.29, 0.717) is 24.8 Å². The summed E-state index contributed by atoms with van der Waals surface area (Å²) < 4.78 is 9.70. The van der Waals surface area contributed by atoms with Gasteiger partial charge in [-0.2, -0.15) is 19.9 Å². The van der Waals surface area contributed by atoms with Crippen LogP contribution in [0.5, 0.6) is 6.01 Å². The van der Waals surface area contributed by atoms with Crippen LogP contribution in [0.25, 0.3) is 0 Å². The molecule has 0 radical (unpaired) electrons. The fourth-order valence-corrected chi connectivity index (χ4v) is 1.24. The molecule has 0 saturated heterocycles. The van der Waals surface area contributed by atoms with E-state index in [1.807, 2.05) is 0 Å². The zero-order chi connectivity index (χ0) is 12.1. The molecule has 0 spiro atoms. The standard InChI is InChI=1S/C8H9ClN6O2/c1-16-8-14-6(9)13-7(15-8)10-3-2-5-11-4-12-17-5/h4H,2-3H2,1H3,(H,10,13,14,15). The number of rotatable bonds is 5. The molecule has 0 fully saturated rings. The van der Waals surface area contributed by atoms with E-state index in [2.05, 4.69) is 30.4 Å². The van der Waals surface area contributed by atoms with E-state index in [1.165, 1.54) is 13.4 Å². The number of aromatic nitrogens is 5. The largest absolute Gasteiger partial charge is 0.467 e. The SMILES string of the molecule is COc1nc(Cl)nc(NCCc2ncno2)n1. The molecular weight excluding hydrogens is 248 g/mol. The van der Waals surface area contributed by atoms with E-state index in [1.54, 1.807) is 0 Å². The van der Waals surface area contributed by atoms with Crippen molar-refractivity contribution >= 4 is 17.5 Å². The fraction of sp³-hybridized carbons (Fsp3) is 0.375. The predicted molar refractivity (Wildman–Crippen MR) is 57.9 cm³/mol. The minimum absolute atomic E-state index is 0.0668. The number of hydrogen-bond donors (Lipinski definition) is 1. The van der Waals surface area contributed by atoms with Crippen molar-refractivity contribution in [1.29, 1.82) is 0 Å². The molecule has 2 aromatic rings. The van der Waals surface area contributed by atoms with Gasteiger partial charge in [-0.25, -0.2) is 0 Å². The first kappa shape index (κ1) is 11.5. The van der Waals surface area contributed by atoms with Crippen LogP contribution in [0.3, 0.4) is 0 Å². The molecule has 0 aliphatic rings. The molecule has 0 amide bonds. The van der Waals surface area contributed by atoms with E-state index in [-0.39, 0.29) is 11.3 Å². The number of halogens is 1. The maximum atomic E-state index is 5.68. The first-order valence-electron chi connectivity index (χ1n) is 4.73. The second kappa shape index (κ2) is 5.39. The van der Waals surface area contributed by atoms with Crippen molar-refractivity contribution in [2.45, 2.75) is 6.42 Å². The van der Waals surface area contributed by atoms with E-state index in [0.717, 1.165) is 0 Å². The van der Waals surface area contributed by atoms with Gasteiger partial charge in [-0.1, -0.05) is 5.16 Å². The minimum Gasteiger partial charge on any atom is -0.467 e. The normalized spacial score (nSPS) is 10.2. The van der Waals surface area contributed by atoms with Gasteiger partial charge >= 0.3 is 6.01 Å². The second-order valence-corrected chi connectivity index (χ2v) is 3.26. The van der Waals surface area contributed by atoms with Crippen molar-refractivity contribution in [3.8, 4) is 6.01 Å². The van der Waals surface area contributed by atoms with E-state index >= 15 is 0 Å². The molecule has 2 heterocycles. The average molecular weight is 257 g/mol. The lowest BCUT2D eigenvalue weighted by Crippen LogP contribution is -2.09. The molecule has 0 aromatic carbocycles. The Kier molecular flexibility index (Phi) is 3.66. The van der Waals surface area contributed by atoms with Gasteiger partial charge in [0.1, 0.15) is 0 Å². The maximum Gasteiger partial charge on any atom is 0.322 e. The van der Waals surface area contributed by atoms with Gasteiger partial charge in [0.25, 0.3) is 0 Å². The van der Waals surface area contributed by atoms with Crippen molar-refractivity contribution in [1.82, 2.24) is 25.1 Å². The summed E-state index contributed by atoms with van der Waals surface area (Å²) in [4.78, 5) is 15.5. The number of anilines is 1. The van der Waals surface area contributed by atoms with Crippen molar-refractivity contribution in [2.75, 3.05) is 19.0 Å². The summed E-state index contributed by atoms with van der Waals surface area (Å²) in [5.74, 6) is 0.867. The molecule has 2 aromatic heterocycles. The van der Waals surface area contributed by atoms with Crippen LogP contribution in [0.4, 0.5) is 5.95 Å². The first-order chi connectivity index (χ1) is 8.28. The minimum atomic E-state index is 0.0668. The Hall–Kier alpha value is -1.96. The number of nitrogens with one attached hydrogen (secondary N) is 1. The average Bonchev–Trinajstić information content (AvgIpc) is 2.81. The van der Waals surface area contributed by atoms with Crippen LogP contribution in [-0.2, 0) is 6.42 Å². The molecule has 9 heteroatoms. The lowest BCUT2D eigenvalue weighted by atomic mass is 10.4. The Morgan fingerprint density at radius 3 is 3.00 bits per heavy atom. The zero-order valence-corrected chi connectivity index (χ0v) is 9.68. The Balaban J connectivity index is 1.92. The van der Waals surface area contributed by atoms with E-state index in [9.17, 15) is 0 Å². The first-order valence-corrected chi connectivity index (χ1v) is 5.10. The Morgan fingerprint density at radius 2 is 2.29 bits per heavy atom. The van der Waals surface area contributed by atoms with Gasteiger partial charge in [0, 0.05) is 13.0 Å². The lowest BCUT2D eigenvalue weighted by molar-refractivity contribution is 0.377. The summed E-state index contributed by atoms with van der Waals surface area (Å²) in [6.07, 6.45) is 1.91. The smallest absolute Gasteiger partial charge is 0.322 e. The van der Waals surface area contributed by atoms with Crippen molar-refractivity contribution in [3.05, 3.63) is 17.5 Å². The van der Waals surface area contributed by atoms with Crippen LogP contribution in [0.15, 0.2) is 10.9 Å². The summed E-state index contributed by atoms with van der Waals surface area (Å²) in [6.45, 7) is 0.533. The molecule has 0 aliphatic carbocycles. The summed E-state index contributed by atoms with van der Waals surface area (Å²) in [5, 5.41) is 6.50. The summed E-state index contributed by atoms with van der Waals surface area (Å²) in [7, 11) is 1.45. The molecule has 90 valence electrons.